The van der Waals surface area contributed by atoms with Crippen molar-refractivity contribution in [3.8, 4) is 0 Å². The molecule has 0 radical (unpaired) electrons. The predicted octanol–water partition coefficient (Wildman–Crippen LogP) is 0.863. The van der Waals surface area contributed by atoms with Gasteiger partial charge in [-0.2, -0.15) is 8.78 Å². The first-order chi connectivity index (χ1) is 9.90. The van der Waals surface area contributed by atoms with Crippen LogP contribution in [0.25, 0.3) is 0 Å². The number of rotatable bonds is 4. The van der Waals surface area contributed by atoms with E-state index in [-0.39, 0.29) is 56.9 Å². The third-order valence-corrected chi connectivity index (χ3v) is 3.64. The first kappa shape index (κ1) is 22.6. The SMILES string of the molecule is Cl.Cl.O=C(C1CNCCO1)N1CCN(CC(F)(F)C(F)F)CC1. The van der Waals surface area contributed by atoms with Crippen molar-refractivity contribution in [1.29, 1.82) is 0 Å². The van der Waals surface area contributed by atoms with Crippen molar-refractivity contribution in [3.63, 3.8) is 0 Å². The molecule has 1 unspecified atom stereocenters. The van der Waals surface area contributed by atoms with E-state index in [1.165, 1.54) is 9.80 Å². The monoisotopic (exact) mass is 385 g/mol. The van der Waals surface area contributed by atoms with Crippen LogP contribution in [0.5, 0.6) is 0 Å². The fourth-order valence-electron chi connectivity index (χ4n) is 2.42. The zero-order valence-corrected chi connectivity index (χ0v) is 14.0. The Morgan fingerprint density at radius 2 is 1.83 bits per heavy atom. The average Bonchev–Trinajstić information content (AvgIpc) is 2.48. The molecule has 1 N–H and O–H groups in total. The molecule has 5 nitrogen and oxygen atoms in total. The van der Waals surface area contributed by atoms with Gasteiger partial charge in [-0.1, -0.05) is 0 Å². The van der Waals surface area contributed by atoms with Gasteiger partial charge in [-0.05, 0) is 0 Å². The Balaban J connectivity index is 0.00000242. The topological polar surface area (TPSA) is 44.8 Å². The second-order valence-electron chi connectivity index (χ2n) is 5.23. The van der Waals surface area contributed by atoms with Crippen molar-refractivity contribution < 1.29 is 27.1 Å². The van der Waals surface area contributed by atoms with Gasteiger partial charge < -0.3 is 15.0 Å². The maximum atomic E-state index is 13.0. The number of carbonyl (C=O) groups is 1. The third kappa shape index (κ3) is 6.22. The average molecular weight is 386 g/mol. The maximum absolute atomic E-state index is 13.0. The normalized spacial score (nSPS) is 23.2. The number of nitrogens with one attached hydrogen (secondary N) is 1. The molecule has 0 saturated carbocycles. The van der Waals surface area contributed by atoms with E-state index in [0.29, 0.717) is 19.7 Å². The van der Waals surface area contributed by atoms with Crippen molar-refractivity contribution in [2.75, 3.05) is 52.4 Å². The molecule has 138 valence electrons. The molecule has 2 heterocycles. The van der Waals surface area contributed by atoms with Gasteiger partial charge in [0.25, 0.3) is 5.91 Å². The van der Waals surface area contributed by atoms with Crippen LogP contribution in [0.2, 0.25) is 0 Å². The summed E-state index contributed by atoms with van der Waals surface area (Å²) in [5.74, 6) is -4.19. The Hall–Kier alpha value is -0.350. The molecule has 0 aliphatic carbocycles. The summed E-state index contributed by atoms with van der Waals surface area (Å²) in [4.78, 5) is 14.9. The number of halogens is 6. The van der Waals surface area contributed by atoms with Crippen molar-refractivity contribution in [3.05, 3.63) is 0 Å². The van der Waals surface area contributed by atoms with Gasteiger partial charge in [0.1, 0.15) is 6.10 Å². The van der Waals surface area contributed by atoms with Gasteiger partial charge in [-0.3, -0.25) is 9.69 Å². The van der Waals surface area contributed by atoms with Crippen LogP contribution in [-0.4, -0.2) is 86.6 Å². The number of ether oxygens (including phenoxy) is 1. The van der Waals surface area contributed by atoms with Crippen LogP contribution in [0.15, 0.2) is 0 Å². The molecule has 0 aromatic heterocycles. The lowest BCUT2D eigenvalue weighted by Gasteiger charge is -2.38. The summed E-state index contributed by atoms with van der Waals surface area (Å²) < 4.78 is 55.6. The molecule has 0 bridgehead atoms. The molecule has 2 fully saturated rings. The van der Waals surface area contributed by atoms with E-state index >= 15 is 0 Å². The Bertz CT molecular complexity index is 366. The number of carbonyl (C=O) groups excluding carboxylic acids is 1. The van der Waals surface area contributed by atoms with Crippen molar-refractivity contribution in [1.82, 2.24) is 15.1 Å². The zero-order chi connectivity index (χ0) is 15.5. The van der Waals surface area contributed by atoms with E-state index < -0.39 is 25.0 Å². The van der Waals surface area contributed by atoms with E-state index in [0.717, 1.165) is 0 Å². The summed E-state index contributed by atoms with van der Waals surface area (Å²) in [7, 11) is 0. The second-order valence-corrected chi connectivity index (χ2v) is 5.23. The van der Waals surface area contributed by atoms with Gasteiger partial charge in [0.2, 0.25) is 0 Å². The zero-order valence-electron chi connectivity index (χ0n) is 12.4. The first-order valence-electron chi connectivity index (χ1n) is 6.89. The standard InChI is InChI=1S/C12H19F4N3O2.2ClH/c13-11(14)12(15,16)8-18-2-4-19(5-3-18)10(20)9-7-17-1-6-21-9;;/h9,11,17H,1-8H2;2*1H. The number of hydrogen-bond donors (Lipinski definition) is 1. The highest BCUT2D eigenvalue weighted by Gasteiger charge is 2.43. The Labute approximate surface area is 144 Å². The van der Waals surface area contributed by atoms with Crippen LogP contribution in [-0.2, 0) is 9.53 Å². The highest BCUT2D eigenvalue weighted by Crippen LogP contribution is 2.24. The van der Waals surface area contributed by atoms with E-state index in [1.54, 1.807) is 0 Å². The molecule has 2 aliphatic rings. The minimum absolute atomic E-state index is 0. The summed E-state index contributed by atoms with van der Waals surface area (Å²) >= 11 is 0. The largest absolute Gasteiger partial charge is 0.366 e. The molecule has 2 rings (SSSR count). The maximum Gasteiger partial charge on any atom is 0.319 e. The van der Waals surface area contributed by atoms with Crippen LogP contribution in [0.3, 0.4) is 0 Å². The van der Waals surface area contributed by atoms with Gasteiger partial charge in [-0.25, -0.2) is 8.78 Å². The molecule has 11 heteroatoms. The molecule has 2 aliphatic heterocycles. The van der Waals surface area contributed by atoms with Crippen molar-refractivity contribution in [2.45, 2.75) is 18.5 Å². The van der Waals surface area contributed by atoms with Crippen molar-refractivity contribution >= 4 is 30.7 Å². The van der Waals surface area contributed by atoms with Crippen LogP contribution in [0, 0.1) is 0 Å². The van der Waals surface area contributed by atoms with Crippen LogP contribution in [0.4, 0.5) is 17.6 Å². The Morgan fingerprint density at radius 3 is 2.30 bits per heavy atom. The fraction of sp³-hybridized carbons (Fsp3) is 0.917. The lowest BCUT2D eigenvalue weighted by Crippen LogP contribution is -2.56. The van der Waals surface area contributed by atoms with Gasteiger partial charge in [0, 0.05) is 39.3 Å². The summed E-state index contributed by atoms with van der Waals surface area (Å²) in [6.45, 7) is 1.42. The Morgan fingerprint density at radius 1 is 1.22 bits per heavy atom. The van der Waals surface area contributed by atoms with Gasteiger partial charge in [-0.15, -0.1) is 24.8 Å². The van der Waals surface area contributed by atoms with Gasteiger partial charge in [0.15, 0.2) is 0 Å². The fourth-order valence-corrected chi connectivity index (χ4v) is 2.42. The summed E-state index contributed by atoms with van der Waals surface area (Å²) in [5, 5.41) is 3.04. The predicted molar refractivity (Wildman–Crippen MR) is 81.1 cm³/mol. The number of hydrogen-bond acceptors (Lipinski definition) is 4. The highest BCUT2D eigenvalue weighted by molar-refractivity contribution is 5.85. The summed E-state index contributed by atoms with van der Waals surface area (Å²) in [5.41, 5.74) is 0. The molecule has 0 aromatic carbocycles. The summed E-state index contributed by atoms with van der Waals surface area (Å²) in [6, 6.07) is 0. The minimum Gasteiger partial charge on any atom is -0.366 e. The van der Waals surface area contributed by atoms with E-state index in [9.17, 15) is 22.4 Å². The molecule has 1 atom stereocenters. The molecular formula is C12H21Cl2F4N3O2. The molecular weight excluding hydrogens is 365 g/mol. The molecule has 23 heavy (non-hydrogen) atoms. The van der Waals surface area contributed by atoms with Gasteiger partial charge >= 0.3 is 12.3 Å². The first-order valence-corrected chi connectivity index (χ1v) is 6.89. The van der Waals surface area contributed by atoms with Crippen molar-refractivity contribution in [2.24, 2.45) is 0 Å². The smallest absolute Gasteiger partial charge is 0.319 e. The summed E-state index contributed by atoms with van der Waals surface area (Å²) in [6.07, 6.45) is -4.22. The lowest BCUT2D eigenvalue weighted by molar-refractivity contribution is -0.154. The number of piperazine rings is 1. The second kappa shape index (κ2) is 9.83. The molecule has 1 amide bonds. The minimum atomic E-state index is -4.01. The Kier molecular flexibility index (Phi) is 9.68. The highest BCUT2D eigenvalue weighted by atomic mass is 35.5. The number of morpholine rings is 1. The number of alkyl halides is 4. The van der Waals surface area contributed by atoms with Crippen LogP contribution < -0.4 is 5.32 Å². The molecule has 2 saturated heterocycles. The van der Waals surface area contributed by atoms with E-state index in [4.69, 9.17) is 4.74 Å². The quantitative estimate of drug-likeness (QED) is 0.729. The van der Waals surface area contributed by atoms with E-state index in [1.807, 2.05) is 0 Å². The number of amides is 1. The van der Waals surface area contributed by atoms with Crippen LogP contribution in [0.1, 0.15) is 0 Å². The number of nitrogens with zero attached hydrogens (tertiary/aromatic N) is 2. The molecule has 0 spiro atoms. The van der Waals surface area contributed by atoms with Gasteiger partial charge in [0.05, 0.1) is 13.2 Å². The third-order valence-electron chi connectivity index (χ3n) is 3.64. The van der Waals surface area contributed by atoms with Crippen LogP contribution >= 0.6 is 24.8 Å². The molecule has 0 aromatic rings. The lowest BCUT2D eigenvalue weighted by atomic mass is 10.2. The van der Waals surface area contributed by atoms with E-state index in [2.05, 4.69) is 5.32 Å².